The molecule has 1 unspecified atom stereocenters. The third kappa shape index (κ3) is 1.12. The Morgan fingerprint density at radius 1 is 1.57 bits per heavy atom. The maximum Gasteiger partial charge on any atom is 0.246 e. The van der Waals surface area contributed by atoms with E-state index >= 15 is 0 Å². The molecule has 2 amide bonds. The van der Waals surface area contributed by atoms with Crippen LogP contribution in [0.25, 0.3) is 0 Å². The number of nitrogens with one attached hydrogen (secondary N) is 1. The van der Waals surface area contributed by atoms with Crippen LogP contribution in [0, 0.1) is 0 Å². The Morgan fingerprint density at radius 3 is 2.93 bits per heavy atom. The van der Waals surface area contributed by atoms with Gasteiger partial charge < -0.3 is 16.0 Å². The van der Waals surface area contributed by atoms with Gasteiger partial charge in [0, 0.05) is 13.1 Å². The summed E-state index contributed by atoms with van der Waals surface area (Å²) in [6.45, 7) is 1.34. The van der Waals surface area contributed by atoms with Gasteiger partial charge in [0.15, 0.2) is 0 Å². The molecule has 14 heavy (non-hydrogen) atoms. The SMILES string of the molecule is NCC(=O)N1CCCC12CCNC2=O. The fraction of sp³-hybridized carbons (Fsp3) is 0.778. The largest absolute Gasteiger partial charge is 0.354 e. The van der Waals surface area contributed by atoms with E-state index in [9.17, 15) is 9.59 Å². The highest BCUT2D eigenvalue weighted by molar-refractivity contribution is 5.94. The molecule has 0 aromatic rings. The van der Waals surface area contributed by atoms with Gasteiger partial charge in [0.25, 0.3) is 0 Å². The van der Waals surface area contributed by atoms with E-state index in [1.807, 2.05) is 0 Å². The monoisotopic (exact) mass is 197 g/mol. The van der Waals surface area contributed by atoms with Gasteiger partial charge in [-0.15, -0.1) is 0 Å². The van der Waals surface area contributed by atoms with Gasteiger partial charge >= 0.3 is 0 Å². The average Bonchev–Trinajstić information content (AvgIpc) is 2.76. The highest BCUT2D eigenvalue weighted by atomic mass is 16.2. The van der Waals surface area contributed by atoms with Crippen LogP contribution >= 0.6 is 0 Å². The molecular weight excluding hydrogens is 182 g/mol. The van der Waals surface area contributed by atoms with Crippen molar-refractivity contribution < 1.29 is 9.59 Å². The first-order chi connectivity index (χ1) is 6.70. The van der Waals surface area contributed by atoms with Crippen molar-refractivity contribution in [2.75, 3.05) is 19.6 Å². The Morgan fingerprint density at radius 2 is 2.36 bits per heavy atom. The van der Waals surface area contributed by atoms with Crippen molar-refractivity contribution >= 4 is 11.8 Å². The number of nitrogens with zero attached hydrogens (tertiary/aromatic N) is 1. The van der Waals surface area contributed by atoms with Crippen LogP contribution in [-0.2, 0) is 9.59 Å². The minimum absolute atomic E-state index is 0.00296. The number of amides is 2. The van der Waals surface area contributed by atoms with Gasteiger partial charge in [0.2, 0.25) is 11.8 Å². The highest BCUT2D eigenvalue weighted by Gasteiger charge is 2.51. The summed E-state index contributed by atoms with van der Waals surface area (Å²) in [5.74, 6) is -0.114. The lowest BCUT2D eigenvalue weighted by atomic mass is 9.94. The Labute approximate surface area is 82.6 Å². The fourth-order valence-electron chi connectivity index (χ4n) is 2.51. The molecule has 2 fully saturated rings. The van der Waals surface area contributed by atoms with E-state index in [2.05, 4.69) is 5.32 Å². The number of carbonyl (C=O) groups is 2. The van der Waals surface area contributed by atoms with Crippen LogP contribution in [0.15, 0.2) is 0 Å². The average molecular weight is 197 g/mol. The Kier molecular flexibility index (Phi) is 2.19. The Hall–Kier alpha value is -1.10. The maximum atomic E-state index is 11.7. The molecule has 1 atom stereocenters. The lowest BCUT2D eigenvalue weighted by Crippen LogP contribution is -2.53. The first-order valence-electron chi connectivity index (χ1n) is 4.99. The second kappa shape index (κ2) is 3.24. The van der Waals surface area contributed by atoms with Gasteiger partial charge in [-0.2, -0.15) is 0 Å². The summed E-state index contributed by atoms with van der Waals surface area (Å²) in [5.41, 5.74) is 4.77. The van der Waals surface area contributed by atoms with Crippen LogP contribution < -0.4 is 11.1 Å². The third-order valence-corrected chi connectivity index (χ3v) is 3.21. The normalized spacial score (nSPS) is 31.2. The van der Waals surface area contributed by atoms with E-state index in [0.29, 0.717) is 13.1 Å². The van der Waals surface area contributed by atoms with Crippen molar-refractivity contribution in [2.45, 2.75) is 24.8 Å². The van der Waals surface area contributed by atoms with E-state index in [4.69, 9.17) is 5.73 Å². The molecule has 3 N–H and O–H groups in total. The first-order valence-corrected chi connectivity index (χ1v) is 4.99. The number of rotatable bonds is 1. The summed E-state index contributed by atoms with van der Waals surface area (Å²) in [6, 6.07) is 0. The molecule has 2 aliphatic rings. The van der Waals surface area contributed by atoms with Crippen LogP contribution in [0.4, 0.5) is 0 Å². The van der Waals surface area contributed by atoms with E-state index < -0.39 is 5.54 Å². The highest BCUT2D eigenvalue weighted by Crippen LogP contribution is 2.35. The topological polar surface area (TPSA) is 75.4 Å². The van der Waals surface area contributed by atoms with Crippen LogP contribution in [0.2, 0.25) is 0 Å². The summed E-state index contributed by atoms with van der Waals surface area (Å²) in [4.78, 5) is 24.9. The molecule has 78 valence electrons. The maximum absolute atomic E-state index is 11.7. The van der Waals surface area contributed by atoms with Gasteiger partial charge in [-0.1, -0.05) is 0 Å². The van der Waals surface area contributed by atoms with Crippen molar-refractivity contribution in [1.82, 2.24) is 10.2 Å². The van der Waals surface area contributed by atoms with Crippen molar-refractivity contribution in [3.8, 4) is 0 Å². The molecule has 0 aromatic heterocycles. The van der Waals surface area contributed by atoms with E-state index in [1.165, 1.54) is 0 Å². The molecule has 2 rings (SSSR count). The molecule has 5 nitrogen and oxygen atoms in total. The summed E-state index contributed by atoms with van der Waals surface area (Å²) in [5, 5.41) is 2.79. The molecule has 2 saturated heterocycles. The minimum atomic E-state index is -0.559. The lowest BCUT2D eigenvalue weighted by molar-refractivity contribution is -0.141. The number of hydrogen-bond acceptors (Lipinski definition) is 3. The summed E-state index contributed by atoms with van der Waals surface area (Å²) < 4.78 is 0. The molecular formula is C9H15N3O2. The zero-order valence-corrected chi connectivity index (χ0v) is 8.08. The molecule has 2 heterocycles. The first kappa shape index (κ1) is 9.45. The zero-order valence-electron chi connectivity index (χ0n) is 8.08. The van der Waals surface area contributed by atoms with Crippen LogP contribution in [0.5, 0.6) is 0 Å². The van der Waals surface area contributed by atoms with Crippen molar-refractivity contribution in [3.05, 3.63) is 0 Å². The van der Waals surface area contributed by atoms with Gasteiger partial charge in [-0.05, 0) is 19.3 Å². The van der Waals surface area contributed by atoms with Gasteiger partial charge in [-0.3, -0.25) is 9.59 Å². The van der Waals surface area contributed by atoms with Crippen molar-refractivity contribution in [1.29, 1.82) is 0 Å². The predicted molar refractivity (Wildman–Crippen MR) is 50.4 cm³/mol. The van der Waals surface area contributed by atoms with E-state index in [1.54, 1.807) is 4.90 Å². The predicted octanol–water partition coefficient (Wildman–Crippen LogP) is -1.17. The Bertz CT molecular complexity index is 275. The van der Waals surface area contributed by atoms with Crippen molar-refractivity contribution in [3.63, 3.8) is 0 Å². The van der Waals surface area contributed by atoms with E-state index in [-0.39, 0.29) is 18.4 Å². The molecule has 0 bridgehead atoms. The molecule has 1 spiro atoms. The molecule has 0 aliphatic carbocycles. The number of hydrogen-bond donors (Lipinski definition) is 2. The van der Waals surface area contributed by atoms with E-state index in [0.717, 1.165) is 19.3 Å². The number of likely N-dealkylation sites (tertiary alicyclic amines) is 1. The van der Waals surface area contributed by atoms with Gasteiger partial charge in [0.1, 0.15) is 5.54 Å². The molecule has 0 saturated carbocycles. The zero-order chi connectivity index (χ0) is 10.2. The van der Waals surface area contributed by atoms with Crippen LogP contribution in [0.3, 0.4) is 0 Å². The summed E-state index contributed by atoms with van der Waals surface area (Å²) in [6.07, 6.45) is 2.42. The Balaban J connectivity index is 2.25. The minimum Gasteiger partial charge on any atom is -0.354 e. The molecule has 0 radical (unpaired) electrons. The van der Waals surface area contributed by atoms with Gasteiger partial charge in [0.05, 0.1) is 6.54 Å². The summed E-state index contributed by atoms with van der Waals surface area (Å²) in [7, 11) is 0. The van der Waals surface area contributed by atoms with Crippen molar-refractivity contribution in [2.24, 2.45) is 5.73 Å². The molecule has 0 aromatic carbocycles. The molecule has 2 aliphatic heterocycles. The summed E-state index contributed by atoms with van der Waals surface area (Å²) >= 11 is 0. The lowest BCUT2D eigenvalue weighted by Gasteiger charge is -2.31. The smallest absolute Gasteiger partial charge is 0.246 e. The van der Waals surface area contributed by atoms with Crippen LogP contribution in [-0.4, -0.2) is 41.9 Å². The second-order valence-corrected chi connectivity index (χ2v) is 3.89. The number of nitrogens with two attached hydrogens (primary N) is 1. The third-order valence-electron chi connectivity index (χ3n) is 3.21. The fourth-order valence-corrected chi connectivity index (χ4v) is 2.51. The quantitative estimate of drug-likeness (QED) is 0.556. The van der Waals surface area contributed by atoms with Gasteiger partial charge in [-0.25, -0.2) is 0 Å². The number of carbonyl (C=O) groups excluding carboxylic acids is 2. The molecule has 5 heteroatoms. The van der Waals surface area contributed by atoms with Crippen LogP contribution in [0.1, 0.15) is 19.3 Å². The second-order valence-electron chi connectivity index (χ2n) is 3.89. The standard InChI is InChI=1S/C9H15N3O2/c10-6-7(13)12-5-1-2-9(12)3-4-11-8(9)14/h1-6,10H2,(H,11,14).